The summed E-state index contributed by atoms with van der Waals surface area (Å²) in [4.78, 5) is 20.6. The van der Waals surface area contributed by atoms with E-state index < -0.39 is 43.9 Å². The van der Waals surface area contributed by atoms with Crippen molar-refractivity contribution in [2.75, 3.05) is 17.8 Å². The third-order valence-corrected chi connectivity index (χ3v) is 8.64. The van der Waals surface area contributed by atoms with E-state index in [1.807, 2.05) is 4.72 Å². The van der Waals surface area contributed by atoms with E-state index in [1.54, 1.807) is 12.3 Å². The number of nitrogens with one attached hydrogen (secondary N) is 1. The zero-order valence-electron chi connectivity index (χ0n) is 22.7. The number of pyridine rings is 1. The Balaban J connectivity index is 1.59. The van der Waals surface area contributed by atoms with Crippen molar-refractivity contribution >= 4 is 33.3 Å². The van der Waals surface area contributed by atoms with E-state index in [4.69, 9.17) is 5.73 Å². The molecule has 44 heavy (non-hydrogen) atoms. The van der Waals surface area contributed by atoms with Crippen LogP contribution in [0.3, 0.4) is 0 Å². The maximum atomic E-state index is 16.0. The lowest BCUT2D eigenvalue weighted by molar-refractivity contribution is 0.521. The molecule has 0 aliphatic heterocycles. The van der Waals surface area contributed by atoms with Gasteiger partial charge >= 0.3 is 0 Å². The Bertz CT molecular complexity index is 1930. The summed E-state index contributed by atoms with van der Waals surface area (Å²) in [5, 5.41) is 0.282. The van der Waals surface area contributed by atoms with E-state index in [0.717, 1.165) is 48.2 Å². The predicted molar refractivity (Wildman–Crippen MR) is 160 cm³/mol. The van der Waals surface area contributed by atoms with Gasteiger partial charge in [-0.05, 0) is 49.4 Å². The first kappa shape index (κ1) is 30.8. The topological polar surface area (TPSA) is 136 Å². The average Bonchev–Trinajstić information content (AvgIpc) is 3.43. The van der Waals surface area contributed by atoms with Gasteiger partial charge in [0, 0.05) is 42.7 Å². The van der Waals surface area contributed by atoms with Crippen LogP contribution in [0.2, 0.25) is 0 Å². The van der Waals surface area contributed by atoms with Crippen molar-refractivity contribution in [3.8, 4) is 32.4 Å². The van der Waals surface area contributed by atoms with Crippen molar-refractivity contribution in [3.63, 3.8) is 0 Å². The average molecular weight is 642 g/mol. The van der Waals surface area contributed by atoms with Crippen molar-refractivity contribution in [3.05, 3.63) is 96.2 Å². The summed E-state index contributed by atoms with van der Waals surface area (Å²) in [6.07, 6.45) is 6.64. The van der Waals surface area contributed by atoms with Gasteiger partial charge in [0.05, 0.1) is 28.1 Å². The molecule has 226 valence electrons. The van der Waals surface area contributed by atoms with E-state index in [1.165, 1.54) is 30.6 Å². The Hall–Kier alpha value is -4.60. The number of aromatic nitrogens is 4. The normalized spacial score (nSPS) is 11.8. The van der Waals surface area contributed by atoms with Crippen LogP contribution in [0.25, 0.3) is 32.4 Å². The second-order valence-corrected chi connectivity index (χ2v) is 11.8. The first-order valence-corrected chi connectivity index (χ1v) is 15.4. The molecule has 0 fully saturated rings. The van der Waals surface area contributed by atoms with Crippen LogP contribution in [-0.4, -0.2) is 47.7 Å². The van der Waals surface area contributed by atoms with E-state index >= 15 is 4.39 Å². The Morgan fingerprint density at radius 1 is 1.00 bits per heavy atom. The number of aliphatic imine (C=N–C) groups is 1. The zero-order chi connectivity index (χ0) is 31.3. The number of hydrogen-bond donors (Lipinski definition) is 2. The standard InChI is InChI=1S/C29H23F4N7O2S2/c30-18-14-17(15-36-16-18)29-39-26(27(43-29)23-8-13-37-24(38-23)9-12-35-11-3-10-34)19-4-1-7-22(25(19)33)40-44(41,42)28-20(31)5-2-6-21(28)32/h1-2,4-8,12-16,40H,3,9-11,34H2. The van der Waals surface area contributed by atoms with Crippen LogP contribution in [0.5, 0.6) is 0 Å². The Kier molecular flexibility index (Phi) is 9.37. The Morgan fingerprint density at radius 2 is 1.77 bits per heavy atom. The number of nitrogens with two attached hydrogens (primary N) is 1. The second kappa shape index (κ2) is 13.4. The minimum absolute atomic E-state index is 0.0612. The summed E-state index contributed by atoms with van der Waals surface area (Å²) < 4.78 is 86.3. The van der Waals surface area contributed by atoms with Crippen molar-refractivity contribution < 1.29 is 26.0 Å². The van der Waals surface area contributed by atoms with Crippen LogP contribution >= 0.6 is 11.3 Å². The van der Waals surface area contributed by atoms with Gasteiger partial charge in [-0.25, -0.2) is 40.9 Å². The minimum Gasteiger partial charge on any atom is -0.330 e. The Labute approximate surface area is 253 Å². The molecule has 3 N–H and O–H groups in total. The smallest absolute Gasteiger partial charge is 0.267 e. The molecule has 5 rings (SSSR count). The molecule has 0 spiro atoms. The highest BCUT2D eigenvalue weighted by Gasteiger charge is 2.27. The molecule has 3 aromatic heterocycles. The van der Waals surface area contributed by atoms with Gasteiger partial charge in [0.25, 0.3) is 10.0 Å². The van der Waals surface area contributed by atoms with Gasteiger partial charge in [0.2, 0.25) is 0 Å². The minimum atomic E-state index is -4.87. The van der Waals surface area contributed by atoms with Crippen LogP contribution < -0.4 is 10.5 Å². The molecule has 0 saturated carbocycles. The van der Waals surface area contributed by atoms with Crippen LogP contribution in [0.1, 0.15) is 12.2 Å². The van der Waals surface area contributed by atoms with Crippen molar-refractivity contribution in [2.24, 2.45) is 10.7 Å². The summed E-state index contributed by atoms with van der Waals surface area (Å²) in [6, 6.07) is 9.17. The molecule has 0 saturated heterocycles. The molecule has 2 aromatic carbocycles. The van der Waals surface area contributed by atoms with Gasteiger partial charge in [-0.1, -0.05) is 12.1 Å². The molecule has 0 radical (unpaired) electrons. The monoisotopic (exact) mass is 641 g/mol. The lowest BCUT2D eigenvalue weighted by atomic mass is 10.1. The van der Waals surface area contributed by atoms with Crippen LogP contribution in [-0.2, 0) is 16.4 Å². The fourth-order valence-electron chi connectivity index (χ4n) is 4.10. The van der Waals surface area contributed by atoms with E-state index in [9.17, 15) is 21.6 Å². The maximum absolute atomic E-state index is 16.0. The zero-order valence-corrected chi connectivity index (χ0v) is 24.3. The first-order valence-electron chi connectivity index (χ1n) is 13.1. The molecule has 3 heterocycles. The number of nitrogens with zero attached hydrogens (tertiary/aromatic N) is 5. The lowest BCUT2D eigenvalue weighted by Gasteiger charge is -2.12. The first-order chi connectivity index (χ1) is 21.2. The van der Waals surface area contributed by atoms with Crippen LogP contribution in [0, 0.1) is 23.3 Å². The fraction of sp³-hybridized carbons (Fsp3) is 0.138. The molecule has 5 aromatic rings. The number of sulfonamides is 1. The van der Waals surface area contributed by atoms with E-state index in [2.05, 4.69) is 24.9 Å². The molecule has 9 nitrogen and oxygen atoms in total. The summed E-state index contributed by atoms with van der Waals surface area (Å²) in [7, 11) is -4.87. The summed E-state index contributed by atoms with van der Waals surface area (Å²) in [5.74, 6) is -3.94. The van der Waals surface area contributed by atoms with Crippen molar-refractivity contribution in [2.45, 2.75) is 17.7 Å². The molecular weight excluding hydrogens is 618 g/mol. The highest BCUT2D eigenvalue weighted by Crippen LogP contribution is 2.42. The molecule has 0 aliphatic carbocycles. The fourth-order valence-corrected chi connectivity index (χ4v) is 6.33. The molecule has 0 atom stereocenters. The van der Waals surface area contributed by atoms with Crippen molar-refractivity contribution in [1.82, 2.24) is 19.9 Å². The molecule has 0 bridgehead atoms. The van der Waals surface area contributed by atoms with Gasteiger partial charge in [0.1, 0.15) is 28.3 Å². The third-order valence-electron chi connectivity index (χ3n) is 6.10. The Morgan fingerprint density at radius 3 is 2.52 bits per heavy atom. The van der Waals surface area contributed by atoms with Crippen molar-refractivity contribution in [1.29, 1.82) is 0 Å². The molecule has 0 unspecified atom stereocenters. The van der Waals surface area contributed by atoms with E-state index in [0.29, 0.717) is 41.5 Å². The lowest BCUT2D eigenvalue weighted by Crippen LogP contribution is -2.17. The largest absolute Gasteiger partial charge is 0.330 e. The number of thiazole rings is 1. The van der Waals surface area contributed by atoms with Gasteiger partial charge < -0.3 is 5.73 Å². The highest BCUT2D eigenvalue weighted by atomic mass is 32.2. The molecule has 0 aliphatic rings. The van der Waals surface area contributed by atoms with Gasteiger partial charge in [0.15, 0.2) is 10.7 Å². The quantitative estimate of drug-likeness (QED) is 0.108. The molecule has 0 amide bonds. The number of benzene rings is 2. The third kappa shape index (κ3) is 6.79. The number of anilines is 1. The summed E-state index contributed by atoms with van der Waals surface area (Å²) >= 11 is 1.08. The summed E-state index contributed by atoms with van der Waals surface area (Å²) in [5.41, 5.74) is 5.51. The van der Waals surface area contributed by atoms with Gasteiger partial charge in [-0.2, -0.15) is 0 Å². The second-order valence-electron chi connectivity index (χ2n) is 9.21. The number of hydrogen-bond acceptors (Lipinski definition) is 9. The van der Waals surface area contributed by atoms with Crippen LogP contribution in [0.15, 0.2) is 77.0 Å². The maximum Gasteiger partial charge on any atom is 0.267 e. The van der Waals surface area contributed by atoms with Gasteiger partial charge in [-0.3, -0.25) is 14.7 Å². The molecular formula is C29H23F4N7O2S2. The SMILES string of the molecule is NCCCN=CCc1nccc(-c2sc(-c3cncc(F)c3)nc2-c2cccc(NS(=O)(=O)c3c(F)cccc3F)c2F)n1. The molecule has 15 heteroatoms. The summed E-state index contributed by atoms with van der Waals surface area (Å²) in [6.45, 7) is 1.07. The predicted octanol–water partition coefficient (Wildman–Crippen LogP) is 5.65. The number of rotatable bonds is 11. The van der Waals surface area contributed by atoms with E-state index in [-0.39, 0.29) is 16.3 Å². The number of halogens is 4. The highest BCUT2D eigenvalue weighted by molar-refractivity contribution is 7.92. The van der Waals surface area contributed by atoms with Crippen LogP contribution in [0.4, 0.5) is 23.2 Å². The van der Waals surface area contributed by atoms with Gasteiger partial charge in [-0.15, -0.1) is 11.3 Å².